The van der Waals surface area contributed by atoms with Gasteiger partial charge in [0.25, 0.3) is 0 Å². The SMILES string of the molecule is ClPOCCOc1ccccc1. The molecule has 66 valence electrons. The molecular formula is C8H10ClO2P. The van der Waals surface area contributed by atoms with Gasteiger partial charge in [0.05, 0.1) is 6.61 Å². The van der Waals surface area contributed by atoms with Gasteiger partial charge in [0.2, 0.25) is 0 Å². The smallest absolute Gasteiger partial charge is 0.119 e. The van der Waals surface area contributed by atoms with Crippen LogP contribution in [0.1, 0.15) is 0 Å². The van der Waals surface area contributed by atoms with Crippen molar-refractivity contribution in [1.29, 1.82) is 0 Å². The molecule has 12 heavy (non-hydrogen) atoms. The number of para-hydroxylation sites is 1. The lowest BCUT2D eigenvalue weighted by atomic mass is 10.3. The Morgan fingerprint density at radius 1 is 1.17 bits per heavy atom. The molecule has 0 saturated carbocycles. The molecule has 0 aliphatic rings. The van der Waals surface area contributed by atoms with Crippen molar-refractivity contribution in [1.82, 2.24) is 0 Å². The fourth-order valence-corrected chi connectivity index (χ4v) is 1.15. The molecule has 0 saturated heterocycles. The van der Waals surface area contributed by atoms with Gasteiger partial charge >= 0.3 is 0 Å². The molecule has 0 amide bonds. The Hall–Kier alpha value is -0.300. The van der Waals surface area contributed by atoms with E-state index in [2.05, 4.69) is 0 Å². The Labute approximate surface area is 78.5 Å². The first kappa shape index (κ1) is 9.79. The van der Waals surface area contributed by atoms with Gasteiger partial charge in [-0.05, 0) is 12.1 Å². The highest BCUT2D eigenvalue weighted by atomic mass is 35.7. The van der Waals surface area contributed by atoms with E-state index in [0.29, 0.717) is 13.2 Å². The molecule has 2 nitrogen and oxygen atoms in total. The van der Waals surface area contributed by atoms with Crippen LogP contribution >= 0.6 is 19.4 Å². The summed E-state index contributed by atoms with van der Waals surface area (Å²) in [5.74, 6) is 0.860. The van der Waals surface area contributed by atoms with Crippen LogP contribution in [0.2, 0.25) is 0 Å². The van der Waals surface area contributed by atoms with Gasteiger partial charge in [-0.1, -0.05) is 29.4 Å². The van der Waals surface area contributed by atoms with Gasteiger partial charge in [-0.25, -0.2) is 0 Å². The summed E-state index contributed by atoms with van der Waals surface area (Å²) in [4.78, 5) is 0. The predicted octanol–water partition coefficient (Wildman–Crippen LogP) is 2.83. The van der Waals surface area contributed by atoms with E-state index in [0.717, 1.165) is 5.75 Å². The molecule has 0 aliphatic heterocycles. The fraction of sp³-hybridized carbons (Fsp3) is 0.250. The molecule has 0 bridgehead atoms. The van der Waals surface area contributed by atoms with Crippen LogP contribution in [0.3, 0.4) is 0 Å². The molecule has 1 aromatic carbocycles. The second-order valence-corrected chi connectivity index (χ2v) is 2.99. The lowest BCUT2D eigenvalue weighted by Crippen LogP contribution is -2.02. The normalized spacial score (nSPS) is 10.8. The molecule has 1 rings (SSSR count). The van der Waals surface area contributed by atoms with Gasteiger partial charge in [-0.15, -0.1) is 0 Å². The Kier molecular flexibility index (Phi) is 5.09. The number of rotatable bonds is 5. The van der Waals surface area contributed by atoms with Crippen LogP contribution in [-0.4, -0.2) is 13.2 Å². The van der Waals surface area contributed by atoms with Crippen LogP contribution in [0.15, 0.2) is 30.3 Å². The molecule has 0 aliphatic carbocycles. The number of halogens is 1. The average molecular weight is 205 g/mol. The van der Waals surface area contributed by atoms with Gasteiger partial charge < -0.3 is 9.26 Å². The molecule has 0 heterocycles. The van der Waals surface area contributed by atoms with Crippen molar-refractivity contribution in [3.63, 3.8) is 0 Å². The van der Waals surface area contributed by atoms with E-state index in [1.807, 2.05) is 30.3 Å². The second-order valence-electron chi connectivity index (χ2n) is 2.09. The van der Waals surface area contributed by atoms with E-state index >= 15 is 0 Å². The average Bonchev–Trinajstić information content (AvgIpc) is 2.14. The Morgan fingerprint density at radius 3 is 2.58 bits per heavy atom. The van der Waals surface area contributed by atoms with Crippen molar-refractivity contribution in [3.8, 4) is 5.75 Å². The fourth-order valence-electron chi connectivity index (χ4n) is 0.756. The van der Waals surface area contributed by atoms with Crippen molar-refractivity contribution in [2.75, 3.05) is 13.2 Å². The molecule has 0 aromatic heterocycles. The zero-order valence-electron chi connectivity index (χ0n) is 6.50. The molecule has 4 heteroatoms. The van der Waals surface area contributed by atoms with E-state index in [1.54, 1.807) is 0 Å². The second kappa shape index (κ2) is 6.24. The first-order valence-corrected chi connectivity index (χ1v) is 5.51. The van der Waals surface area contributed by atoms with E-state index in [9.17, 15) is 0 Å². The highest BCUT2D eigenvalue weighted by Gasteiger charge is 1.90. The third-order valence-electron chi connectivity index (χ3n) is 1.25. The summed E-state index contributed by atoms with van der Waals surface area (Å²) in [5, 5.41) is 0. The largest absolute Gasteiger partial charge is 0.491 e. The summed E-state index contributed by atoms with van der Waals surface area (Å²) in [6.07, 6.45) is 0. The number of hydrogen-bond donors (Lipinski definition) is 0. The van der Waals surface area contributed by atoms with Crippen LogP contribution in [0.5, 0.6) is 5.75 Å². The van der Waals surface area contributed by atoms with Crippen LogP contribution in [-0.2, 0) is 4.52 Å². The van der Waals surface area contributed by atoms with Crippen LogP contribution in [0.25, 0.3) is 0 Å². The molecule has 0 fully saturated rings. The maximum absolute atomic E-state index is 5.33. The van der Waals surface area contributed by atoms with E-state index in [4.69, 9.17) is 20.5 Å². The van der Waals surface area contributed by atoms with E-state index in [-0.39, 0.29) is 8.16 Å². The molecule has 0 radical (unpaired) electrons. The van der Waals surface area contributed by atoms with Crippen molar-refractivity contribution in [2.24, 2.45) is 0 Å². The van der Waals surface area contributed by atoms with Gasteiger partial charge in [-0.3, -0.25) is 0 Å². The number of ether oxygens (including phenoxy) is 1. The standard InChI is InChI=1S/C8H10ClO2P/c9-12-11-7-6-10-8-4-2-1-3-5-8/h1-5,12H,6-7H2. The summed E-state index contributed by atoms with van der Waals surface area (Å²) in [6.45, 7) is 1.08. The predicted molar refractivity (Wildman–Crippen MR) is 52.1 cm³/mol. The lowest BCUT2D eigenvalue weighted by Gasteiger charge is -2.04. The topological polar surface area (TPSA) is 18.5 Å². The first-order valence-electron chi connectivity index (χ1n) is 3.59. The number of benzene rings is 1. The third-order valence-corrected chi connectivity index (χ3v) is 1.89. The molecule has 1 aromatic rings. The quantitative estimate of drug-likeness (QED) is 0.542. The maximum Gasteiger partial charge on any atom is 0.119 e. The minimum Gasteiger partial charge on any atom is -0.491 e. The Balaban J connectivity index is 2.16. The Morgan fingerprint density at radius 2 is 1.92 bits per heavy atom. The molecule has 1 unspecified atom stereocenters. The summed E-state index contributed by atoms with van der Waals surface area (Å²) in [6, 6.07) is 9.62. The number of hydrogen-bond acceptors (Lipinski definition) is 2. The highest BCUT2D eigenvalue weighted by molar-refractivity contribution is 7.64. The van der Waals surface area contributed by atoms with E-state index in [1.165, 1.54) is 0 Å². The third kappa shape index (κ3) is 3.91. The van der Waals surface area contributed by atoms with Crippen molar-refractivity contribution in [3.05, 3.63) is 30.3 Å². The van der Waals surface area contributed by atoms with Crippen LogP contribution in [0, 0.1) is 0 Å². The first-order chi connectivity index (χ1) is 5.93. The molecular weight excluding hydrogens is 195 g/mol. The summed E-state index contributed by atoms with van der Waals surface area (Å²) in [5.41, 5.74) is 0. The minimum atomic E-state index is 0.0175. The van der Waals surface area contributed by atoms with Crippen LogP contribution in [0.4, 0.5) is 0 Å². The monoisotopic (exact) mass is 204 g/mol. The highest BCUT2D eigenvalue weighted by Crippen LogP contribution is 2.16. The van der Waals surface area contributed by atoms with Gasteiger partial charge in [0.1, 0.15) is 20.5 Å². The van der Waals surface area contributed by atoms with Gasteiger partial charge in [0.15, 0.2) is 0 Å². The molecule has 0 spiro atoms. The van der Waals surface area contributed by atoms with Crippen LogP contribution < -0.4 is 4.74 Å². The minimum absolute atomic E-state index is 0.0175. The summed E-state index contributed by atoms with van der Waals surface area (Å²) < 4.78 is 10.3. The zero-order chi connectivity index (χ0) is 8.65. The van der Waals surface area contributed by atoms with Crippen molar-refractivity contribution >= 4 is 19.4 Å². The zero-order valence-corrected chi connectivity index (χ0v) is 8.25. The van der Waals surface area contributed by atoms with Crippen molar-refractivity contribution in [2.45, 2.75) is 0 Å². The van der Waals surface area contributed by atoms with Crippen molar-refractivity contribution < 1.29 is 9.26 Å². The summed E-state index contributed by atoms with van der Waals surface area (Å²) >= 11 is 5.33. The lowest BCUT2D eigenvalue weighted by molar-refractivity contribution is 0.236. The summed E-state index contributed by atoms with van der Waals surface area (Å²) in [7, 11) is 0.0175. The van der Waals surface area contributed by atoms with Gasteiger partial charge in [-0.2, -0.15) is 0 Å². The van der Waals surface area contributed by atoms with Gasteiger partial charge in [0, 0.05) is 0 Å². The van der Waals surface area contributed by atoms with E-state index < -0.39 is 0 Å². The maximum atomic E-state index is 5.33. The Bertz CT molecular complexity index is 205. The molecule has 0 N–H and O–H groups in total. The molecule has 1 atom stereocenters.